The Morgan fingerprint density at radius 3 is 2.78 bits per heavy atom. The van der Waals surface area contributed by atoms with E-state index < -0.39 is 0 Å². The molecule has 1 aromatic carbocycles. The maximum atomic E-state index is 12.0. The molecule has 23 heavy (non-hydrogen) atoms. The number of hydrogen-bond donors (Lipinski definition) is 1. The monoisotopic (exact) mass is 330 g/mol. The van der Waals surface area contributed by atoms with E-state index in [4.69, 9.17) is 4.74 Å². The smallest absolute Gasteiger partial charge is 0.414 e. The van der Waals surface area contributed by atoms with Gasteiger partial charge >= 0.3 is 6.09 Å². The Morgan fingerprint density at radius 2 is 2.13 bits per heavy atom. The molecule has 0 aliphatic carbocycles. The third-order valence-electron chi connectivity index (χ3n) is 3.77. The zero-order valence-corrected chi connectivity index (χ0v) is 13.6. The van der Waals surface area contributed by atoms with Gasteiger partial charge in [0.2, 0.25) is 0 Å². The number of benzene rings is 1. The molecule has 120 valence electrons. The summed E-state index contributed by atoms with van der Waals surface area (Å²) in [5, 5.41) is 4.66. The predicted molar refractivity (Wildman–Crippen MR) is 90.1 cm³/mol. The van der Waals surface area contributed by atoms with E-state index in [1.807, 2.05) is 35.7 Å². The van der Waals surface area contributed by atoms with Gasteiger partial charge in [-0.3, -0.25) is 9.69 Å². The molecule has 0 bridgehead atoms. The van der Waals surface area contributed by atoms with Crippen molar-refractivity contribution in [3.8, 4) is 0 Å². The number of thiophene rings is 1. The third-order valence-corrected chi connectivity index (χ3v) is 4.63. The Bertz CT molecular complexity index is 682. The Balaban J connectivity index is 1.57. The second-order valence-corrected chi connectivity index (χ2v) is 6.27. The van der Waals surface area contributed by atoms with Gasteiger partial charge in [-0.25, -0.2) is 4.79 Å². The molecule has 1 unspecified atom stereocenters. The van der Waals surface area contributed by atoms with Crippen LogP contribution in [0.15, 0.2) is 41.8 Å². The number of hydrogen-bond acceptors (Lipinski definition) is 4. The molecule has 1 aliphatic heterocycles. The second kappa shape index (κ2) is 6.83. The summed E-state index contributed by atoms with van der Waals surface area (Å²) in [6, 6.07) is 11.5. The molecule has 3 rings (SSSR count). The summed E-state index contributed by atoms with van der Waals surface area (Å²) in [6.07, 6.45) is 0.254. The van der Waals surface area contributed by atoms with Crippen molar-refractivity contribution in [2.24, 2.45) is 0 Å². The lowest BCUT2D eigenvalue weighted by atomic mass is 10.1. The van der Waals surface area contributed by atoms with E-state index in [-0.39, 0.29) is 18.1 Å². The fourth-order valence-corrected chi connectivity index (χ4v) is 3.09. The highest BCUT2D eigenvalue weighted by Gasteiger charge is 2.32. The number of carbonyl (C=O) groups excluding carboxylic acids is 2. The van der Waals surface area contributed by atoms with Gasteiger partial charge in [0.25, 0.3) is 5.91 Å². The van der Waals surface area contributed by atoms with Crippen LogP contribution in [-0.4, -0.2) is 31.2 Å². The molecule has 1 aliphatic rings. The van der Waals surface area contributed by atoms with Crippen molar-refractivity contribution in [1.82, 2.24) is 5.32 Å². The number of ether oxygens (including phenoxy) is 1. The minimum atomic E-state index is -0.371. The van der Waals surface area contributed by atoms with Crippen LogP contribution in [0.5, 0.6) is 0 Å². The van der Waals surface area contributed by atoms with E-state index in [0.717, 1.165) is 12.1 Å². The molecule has 0 radical (unpaired) electrons. The topological polar surface area (TPSA) is 58.6 Å². The maximum Gasteiger partial charge on any atom is 0.414 e. The van der Waals surface area contributed by atoms with Gasteiger partial charge in [0.1, 0.15) is 6.10 Å². The van der Waals surface area contributed by atoms with Crippen LogP contribution in [0, 0.1) is 0 Å². The number of nitrogens with one attached hydrogen (secondary N) is 1. The van der Waals surface area contributed by atoms with E-state index in [2.05, 4.69) is 12.2 Å². The number of aryl methyl sites for hydroxylation is 1. The third kappa shape index (κ3) is 3.53. The van der Waals surface area contributed by atoms with Crippen LogP contribution in [0.4, 0.5) is 10.5 Å². The van der Waals surface area contributed by atoms with Crippen LogP contribution in [0.2, 0.25) is 0 Å². The number of rotatable bonds is 5. The molecule has 1 aromatic heterocycles. The van der Waals surface area contributed by atoms with Gasteiger partial charge in [0.15, 0.2) is 0 Å². The fourth-order valence-electron chi connectivity index (χ4n) is 2.45. The van der Waals surface area contributed by atoms with Crippen molar-refractivity contribution >= 4 is 29.0 Å². The van der Waals surface area contributed by atoms with Gasteiger partial charge in [-0.05, 0) is 35.6 Å². The molecule has 0 saturated carbocycles. The first-order valence-corrected chi connectivity index (χ1v) is 8.44. The molecule has 1 saturated heterocycles. The van der Waals surface area contributed by atoms with Gasteiger partial charge in [-0.15, -0.1) is 11.3 Å². The first-order valence-electron chi connectivity index (χ1n) is 7.56. The highest BCUT2D eigenvalue weighted by Crippen LogP contribution is 2.22. The van der Waals surface area contributed by atoms with Crippen LogP contribution in [0.3, 0.4) is 0 Å². The summed E-state index contributed by atoms with van der Waals surface area (Å²) in [7, 11) is 0. The van der Waals surface area contributed by atoms with E-state index in [0.29, 0.717) is 18.0 Å². The molecule has 1 N–H and O–H groups in total. The van der Waals surface area contributed by atoms with Crippen molar-refractivity contribution in [2.45, 2.75) is 19.4 Å². The Kier molecular flexibility index (Phi) is 4.62. The summed E-state index contributed by atoms with van der Waals surface area (Å²) < 4.78 is 5.33. The second-order valence-electron chi connectivity index (χ2n) is 5.32. The lowest BCUT2D eigenvalue weighted by Gasteiger charge is -2.13. The van der Waals surface area contributed by atoms with Gasteiger partial charge in [-0.1, -0.05) is 25.1 Å². The van der Waals surface area contributed by atoms with Crippen molar-refractivity contribution in [3.05, 3.63) is 52.2 Å². The molecule has 6 heteroatoms. The number of cyclic esters (lactones) is 1. The molecule has 2 heterocycles. The standard InChI is InChI=1S/C17H18N2O3S/c1-2-12-5-7-13(8-6-12)19-11-14(22-17(19)21)10-18-16(20)15-4-3-9-23-15/h3-9,14H,2,10-11H2,1H3,(H,18,20). The normalized spacial score (nSPS) is 17.2. The van der Waals surface area contributed by atoms with Crippen LogP contribution < -0.4 is 10.2 Å². The molecule has 1 atom stereocenters. The van der Waals surface area contributed by atoms with Gasteiger partial charge in [0, 0.05) is 5.69 Å². The number of amides is 2. The van der Waals surface area contributed by atoms with Crippen molar-refractivity contribution < 1.29 is 14.3 Å². The lowest BCUT2D eigenvalue weighted by Crippen LogP contribution is -2.34. The Morgan fingerprint density at radius 1 is 1.35 bits per heavy atom. The van der Waals surface area contributed by atoms with E-state index in [1.54, 1.807) is 11.0 Å². The first kappa shape index (κ1) is 15.6. The molecule has 2 aromatic rings. The largest absolute Gasteiger partial charge is 0.442 e. The molecular weight excluding hydrogens is 312 g/mol. The highest BCUT2D eigenvalue weighted by molar-refractivity contribution is 7.12. The summed E-state index contributed by atoms with van der Waals surface area (Å²) in [6.45, 7) is 2.84. The molecule has 2 amide bonds. The van der Waals surface area contributed by atoms with Crippen LogP contribution in [-0.2, 0) is 11.2 Å². The molecule has 1 fully saturated rings. The van der Waals surface area contributed by atoms with Gasteiger partial charge in [0.05, 0.1) is 18.0 Å². The molecule has 5 nitrogen and oxygen atoms in total. The van der Waals surface area contributed by atoms with Crippen LogP contribution in [0.1, 0.15) is 22.2 Å². The Hall–Kier alpha value is -2.34. The van der Waals surface area contributed by atoms with Crippen molar-refractivity contribution in [2.75, 3.05) is 18.0 Å². The lowest BCUT2D eigenvalue weighted by molar-refractivity contribution is 0.0920. The number of anilines is 1. The van der Waals surface area contributed by atoms with Crippen LogP contribution >= 0.6 is 11.3 Å². The summed E-state index contributed by atoms with van der Waals surface area (Å²) in [5.41, 5.74) is 2.04. The summed E-state index contributed by atoms with van der Waals surface area (Å²) in [4.78, 5) is 26.2. The quantitative estimate of drug-likeness (QED) is 0.916. The first-order chi connectivity index (χ1) is 11.2. The summed E-state index contributed by atoms with van der Waals surface area (Å²) >= 11 is 1.38. The van der Waals surface area contributed by atoms with Crippen molar-refractivity contribution in [1.29, 1.82) is 0 Å². The number of carbonyl (C=O) groups is 2. The predicted octanol–water partition coefficient (Wildman–Crippen LogP) is 3.07. The fraction of sp³-hybridized carbons (Fsp3) is 0.294. The zero-order valence-electron chi connectivity index (χ0n) is 12.8. The van der Waals surface area contributed by atoms with Gasteiger partial charge in [-0.2, -0.15) is 0 Å². The highest BCUT2D eigenvalue weighted by atomic mass is 32.1. The van der Waals surface area contributed by atoms with Crippen molar-refractivity contribution in [3.63, 3.8) is 0 Å². The minimum absolute atomic E-state index is 0.137. The zero-order chi connectivity index (χ0) is 16.2. The van der Waals surface area contributed by atoms with Crippen LogP contribution in [0.25, 0.3) is 0 Å². The minimum Gasteiger partial charge on any atom is -0.442 e. The average Bonchev–Trinajstić information content (AvgIpc) is 3.22. The van der Waals surface area contributed by atoms with E-state index >= 15 is 0 Å². The maximum absolute atomic E-state index is 12.0. The summed E-state index contributed by atoms with van der Waals surface area (Å²) in [5.74, 6) is -0.137. The van der Waals surface area contributed by atoms with E-state index in [1.165, 1.54) is 16.9 Å². The SMILES string of the molecule is CCc1ccc(N2CC(CNC(=O)c3cccs3)OC2=O)cc1. The average molecular weight is 330 g/mol. The Labute approximate surface area is 138 Å². The number of nitrogens with zero attached hydrogens (tertiary/aromatic N) is 1. The molecular formula is C17H18N2O3S. The van der Waals surface area contributed by atoms with E-state index in [9.17, 15) is 9.59 Å². The van der Waals surface area contributed by atoms with Gasteiger partial charge < -0.3 is 10.1 Å². The molecule has 0 spiro atoms.